The minimum absolute atomic E-state index is 0.00534. The number of fused-ring (bicyclic) bond motifs is 1. The van der Waals surface area contributed by atoms with Gasteiger partial charge in [-0.15, -0.1) is 0 Å². The first-order valence-electron chi connectivity index (χ1n) is 8.80. The predicted octanol–water partition coefficient (Wildman–Crippen LogP) is 3.84. The van der Waals surface area contributed by atoms with Gasteiger partial charge in [-0.05, 0) is 30.0 Å². The van der Waals surface area contributed by atoms with E-state index < -0.39 is 41.7 Å². The third-order valence-electron chi connectivity index (χ3n) is 4.75. The van der Waals surface area contributed by atoms with Crippen LogP contribution in [-0.4, -0.2) is 25.8 Å². The Morgan fingerprint density at radius 3 is 2.77 bits per heavy atom. The Morgan fingerprint density at radius 1 is 1.33 bits per heavy atom. The van der Waals surface area contributed by atoms with Gasteiger partial charge in [0.1, 0.15) is 0 Å². The number of aryl methyl sites for hydroxylation is 2. The van der Waals surface area contributed by atoms with Gasteiger partial charge in [-0.3, -0.25) is 9.48 Å². The average Bonchev–Trinajstić information content (AvgIpc) is 3.39. The topological polar surface area (TPSA) is 85.8 Å². The van der Waals surface area contributed by atoms with E-state index in [4.69, 9.17) is 0 Å². The molecule has 12 heteroatoms. The van der Waals surface area contributed by atoms with Gasteiger partial charge in [0, 0.05) is 18.8 Å². The van der Waals surface area contributed by atoms with Gasteiger partial charge in [0.15, 0.2) is 5.69 Å². The van der Waals surface area contributed by atoms with Crippen LogP contribution in [-0.2, 0) is 19.6 Å². The number of halogens is 5. The van der Waals surface area contributed by atoms with E-state index >= 15 is 0 Å². The molecule has 0 fully saturated rings. The van der Waals surface area contributed by atoms with E-state index in [1.165, 1.54) is 7.05 Å². The van der Waals surface area contributed by atoms with E-state index in [0.717, 1.165) is 22.0 Å². The van der Waals surface area contributed by atoms with Crippen molar-refractivity contribution in [1.82, 2.24) is 25.2 Å². The zero-order valence-electron chi connectivity index (χ0n) is 15.4. The highest BCUT2D eigenvalue weighted by molar-refractivity contribution is 5.95. The number of nitrogens with zero attached hydrogens (tertiary/aromatic N) is 4. The number of nitrogens with one attached hydrogen (secondary N) is 1. The van der Waals surface area contributed by atoms with Crippen molar-refractivity contribution in [2.45, 2.75) is 31.5 Å². The summed E-state index contributed by atoms with van der Waals surface area (Å²) in [4.78, 5) is 16.1. The molecule has 7 nitrogen and oxygen atoms in total. The van der Waals surface area contributed by atoms with Gasteiger partial charge >= 0.3 is 12.6 Å². The van der Waals surface area contributed by atoms with Crippen LogP contribution in [0.5, 0.6) is 0 Å². The number of rotatable bonds is 4. The van der Waals surface area contributed by atoms with Crippen molar-refractivity contribution >= 4 is 5.91 Å². The molecule has 0 bridgehead atoms. The first-order chi connectivity index (χ1) is 14.1. The van der Waals surface area contributed by atoms with Crippen LogP contribution < -0.4 is 5.32 Å². The fraction of sp³-hybridized carbons (Fsp3) is 0.333. The van der Waals surface area contributed by atoms with E-state index in [0.29, 0.717) is 18.4 Å². The number of amides is 1. The molecule has 1 N–H and O–H groups in total. The van der Waals surface area contributed by atoms with Crippen LogP contribution in [0.4, 0.5) is 22.0 Å². The molecule has 0 spiro atoms. The van der Waals surface area contributed by atoms with Crippen molar-refractivity contribution in [3.05, 3.63) is 52.7 Å². The van der Waals surface area contributed by atoms with Crippen molar-refractivity contribution < 1.29 is 31.3 Å². The quantitative estimate of drug-likeness (QED) is 0.640. The Bertz CT molecular complexity index is 1100. The van der Waals surface area contributed by atoms with E-state index in [-0.39, 0.29) is 5.82 Å². The van der Waals surface area contributed by atoms with Crippen LogP contribution in [0.15, 0.2) is 28.9 Å². The summed E-state index contributed by atoms with van der Waals surface area (Å²) in [5.74, 6) is -1.66. The zero-order valence-corrected chi connectivity index (χ0v) is 15.4. The molecule has 3 aromatic rings. The summed E-state index contributed by atoms with van der Waals surface area (Å²) < 4.78 is 70.0. The summed E-state index contributed by atoms with van der Waals surface area (Å²) in [7, 11) is 1.30. The Hall–Kier alpha value is -3.31. The molecule has 1 aliphatic rings. The van der Waals surface area contributed by atoms with E-state index in [1.54, 1.807) is 18.2 Å². The van der Waals surface area contributed by atoms with E-state index in [9.17, 15) is 26.7 Å². The molecule has 30 heavy (non-hydrogen) atoms. The first-order valence-corrected chi connectivity index (χ1v) is 8.80. The SMILES string of the molecule is Cn1cc(C(=O)NC2CCc3cc(-c4noc(C(F)F)n4)ccc32)c(C(F)(F)F)n1. The number of carbonyl (C=O) groups is 1. The van der Waals surface area contributed by atoms with Gasteiger partial charge in [0.25, 0.3) is 11.8 Å². The highest BCUT2D eigenvalue weighted by Crippen LogP contribution is 2.35. The summed E-state index contributed by atoms with van der Waals surface area (Å²) in [6, 6.07) is 4.43. The lowest BCUT2D eigenvalue weighted by Crippen LogP contribution is -2.28. The summed E-state index contributed by atoms with van der Waals surface area (Å²) in [5.41, 5.74) is 0.193. The number of benzene rings is 1. The molecule has 0 aliphatic heterocycles. The number of hydrogen-bond acceptors (Lipinski definition) is 5. The molecule has 158 valence electrons. The Labute approximate surface area is 165 Å². The molecule has 1 aliphatic carbocycles. The second kappa shape index (κ2) is 7.18. The minimum atomic E-state index is -4.75. The van der Waals surface area contributed by atoms with Crippen LogP contribution in [0, 0.1) is 0 Å². The standard InChI is InChI=1S/C18H14F5N5O2/c1-28-7-11(13(26-28)18(21,22)23)16(29)24-12-5-3-8-6-9(2-4-10(8)12)15-25-17(14(19)20)30-27-15/h2,4,6-7,12,14H,3,5H2,1H3,(H,24,29). The molecular formula is C18H14F5N5O2. The molecule has 0 saturated carbocycles. The molecular weight excluding hydrogens is 413 g/mol. The van der Waals surface area contributed by atoms with Crippen molar-refractivity contribution in [3.63, 3.8) is 0 Å². The molecule has 4 rings (SSSR count). The lowest BCUT2D eigenvalue weighted by atomic mass is 10.0. The smallest absolute Gasteiger partial charge is 0.345 e. The summed E-state index contributed by atoms with van der Waals surface area (Å²) >= 11 is 0. The maximum absolute atomic E-state index is 13.1. The second-order valence-electron chi connectivity index (χ2n) is 6.80. The lowest BCUT2D eigenvalue weighted by Gasteiger charge is -2.15. The fourth-order valence-corrected chi connectivity index (χ4v) is 3.45. The Kier molecular flexibility index (Phi) is 4.79. The monoisotopic (exact) mass is 427 g/mol. The largest absolute Gasteiger partial charge is 0.435 e. The van der Waals surface area contributed by atoms with Gasteiger partial charge in [-0.2, -0.15) is 32.0 Å². The maximum Gasteiger partial charge on any atom is 0.435 e. The molecule has 0 radical (unpaired) electrons. The van der Waals surface area contributed by atoms with Gasteiger partial charge in [0.05, 0.1) is 11.6 Å². The number of hydrogen-bond donors (Lipinski definition) is 1. The van der Waals surface area contributed by atoms with Crippen LogP contribution in [0.1, 0.15) is 52.0 Å². The molecule has 2 heterocycles. The molecule has 1 aromatic carbocycles. The minimum Gasteiger partial charge on any atom is -0.345 e. The molecule has 1 unspecified atom stereocenters. The van der Waals surface area contributed by atoms with Gasteiger partial charge in [-0.1, -0.05) is 17.3 Å². The van der Waals surface area contributed by atoms with Gasteiger partial charge in [0.2, 0.25) is 5.82 Å². The van der Waals surface area contributed by atoms with Crippen LogP contribution in [0.3, 0.4) is 0 Å². The van der Waals surface area contributed by atoms with E-state index in [2.05, 4.69) is 25.1 Å². The second-order valence-corrected chi connectivity index (χ2v) is 6.80. The molecule has 0 saturated heterocycles. The summed E-state index contributed by atoms with van der Waals surface area (Å²) in [6.45, 7) is 0. The molecule has 1 atom stereocenters. The Morgan fingerprint density at radius 2 is 2.10 bits per heavy atom. The van der Waals surface area contributed by atoms with Gasteiger partial charge < -0.3 is 9.84 Å². The van der Waals surface area contributed by atoms with Crippen molar-refractivity contribution in [3.8, 4) is 11.4 Å². The van der Waals surface area contributed by atoms with Crippen molar-refractivity contribution in [2.24, 2.45) is 7.05 Å². The van der Waals surface area contributed by atoms with Crippen LogP contribution >= 0.6 is 0 Å². The highest BCUT2D eigenvalue weighted by atomic mass is 19.4. The predicted molar refractivity (Wildman–Crippen MR) is 91.4 cm³/mol. The summed E-state index contributed by atoms with van der Waals surface area (Å²) in [6.07, 6.45) is -5.60. The van der Waals surface area contributed by atoms with Crippen LogP contribution in [0.2, 0.25) is 0 Å². The Balaban J connectivity index is 1.55. The maximum atomic E-state index is 13.1. The molecule has 1 amide bonds. The first kappa shape index (κ1) is 20.0. The average molecular weight is 427 g/mol. The third-order valence-corrected chi connectivity index (χ3v) is 4.75. The highest BCUT2D eigenvalue weighted by Gasteiger charge is 2.39. The lowest BCUT2D eigenvalue weighted by molar-refractivity contribution is -0.141. The number of carbonyl (C=O) groups excluding carboxylic acids is 1. The molecule has 2 aromatic heterocycles. The normalized spacial score (nSPS) is 16.2. The van der Waals surface area contributed by atoms with E-state index in [1.807, 2.05) is 0 Å². The van der Waals surface area contributed by atoms with Gasteiger partial charge in [-0.25, -0.2) is 0 Å². The fourth-order valence-electron chi connectivity index (χ4n) is 3.45. The summed E-state index contributed by atoms with van der Waals surface area (Å²) in [5, 5.41) is 9.47. The zero-order chi connectivity index (χ0) is 21.6. The third kappa shape index (κ3) is 3.64. The van der Waals surface area contributed by atoms with Crippen LogP contribution in [0.25, 0.3) is 11.4 Å². The van der Waals surface area contributed by atoms with Crippen molar-refractivity contribution in [1.29, 1.82) is 0 Å². The number of alkyl halides is 5. The van der Waals surface area contributed by atoms with Crippen molar-refractivity contribution in [2.75, 3.05) is 0 Å². The number of aromatic nitrogens is 4.